The van der Waals surface area contributed by atoms with Crippen molar-refractivity contribution in [1.29, 1.82) is 0 Å². The van der Waals surface area contributed by atoms with E-state index < -0.39 is 5.97 Å². The molecule has 0 aromatic carbocycles. The van der Waals surface area contributed by atoms with Gasteiger partial charge in [-0.25, -0.2) is 9.78 Å². The molecule has 5 nitrogen and oxygen atoms in total. The molecule has 100 valence electrons. The molecule has 0 bridgehead atoms. The molecule has 1 rings (SSSR count). The first-order valence-electron chi connectivity index (χ1n) is 6.04. The average Bonchev–Trinajstić information content (AvgIpc) is 2.27. The quantitative estimate of drug-likeness (QED) is 0.749. The molecule has 1 aromatic rings. The van der Waals surface area contributed by atoms with Crippen molar-refractivity contribution < 1.29 is 9.90 Å². The predicted octanol–water partition coefficient (Wildman–Crippen LogP) is 1.44. The van der Waals surface area contributed by atoms with Crippen molar-refractivity contribution in [2.45, 2.75) is 20.3 Å². The predicted molar refractivity (Wildman–Crippen MR) is 72.5 cm³/mol. The number of anilines is 1. The number of pyridine rings is 1. The van der Waals surface area contributed by atoms with Gasteiger partial charge in [-0.15, -0.1) is 0 Å². The smallest absolute Gasteiger partial charge is 0.339 e. The largest absolute Gasteiger partial charge is 0.478 e. The third-order valence-electron chi connectivity index (χ3n) is 2.82. The van der Waals surface area contributed by atoms with E-state index in [0.717, 1.165) is 30.8 Å². The van der Waals surface area contributed by atoms with Gasteiger partial charge >= 0.3 is 5.97 Å². The van der Waals surface area contributed by atoms with Crippen molar-refractivity contribution in [3.05, 3.63) is 22.9 Å². The third kappa shape index (κ3) is 3.43. The molecule has 0 spiro atoms. The van der Waals surface area contributed by atoms with Crippen molar-refractivity contribution in [3.8, 4) is 0 Å². The van der Waals surface area contributed by atoms with E-state index in [-0.39, 0.29) is 0 Å². The monoisotopic (exact) mass is 251 g/mol. The Labute approximate surface area is 108 Å². The van der Waals surface area contributed by atoms with Crippen LogP contribution in [0, 0.1) is 13.8 Å². The Balaban J connectivity index is 3.02. The fourth-order valence-electron chi connectivity index (χ4n) is 1.96. The molecule has 0 saturated carbocycles. The number of aryl methyl sites for hydroxylation is 2. The molecular formula is C13H21N3O2. The second-order valence-corrected chi connectivity index (χ2v) is 4.46. The average molecular weight is 251 g/mol. The van der Waals surface area contributed by atoms with E-state index in [4.69, 9.17) is 0 Å². The summed E-state index contributed by atoms with van der Waals surface area (Å²) in [6.07, 6.45) is 0.945. The highest BCUT2D eigenvalue weighted by Gasteiger charge is 2.18. The zero-order valence-corrected chi connectivity index (χ0v) is 11.4. The van der Waals surface area contributed by atoms with Gasteiger partial charge in [0.1, 0.15) is 11.4 Å². The highest BCUT2D eigenvalue weighted by atomic mass is 16.4. The molecule has 0 radical (unpaired) electrons. The molecule has 0 fully saturated rings. The molecule has 1 aromatic heterocycles. The van der Waals surface area contributed by atoms with Crippen molar-refractivity contribution in [2.24, 2.45) is 0 Å². The van der Waals surface area contributed by atoms with Crippen LogP contribution in [0.15, 0.2) is 6.07 Å². The van der Waals surface area contributed by atoms with Crippen LogP contribution in [0.3, 0.4) is 0 Å². The molecule has 1 heterocycles. The Bertz CT molecular complexity index is 432. The lowest BCUT2D eigenvalue weighted by atomic mass is 10.1. The lowest BCUT2D eigenvalue weighted by Crippen LogP contribution is -2.25. The second-order valence-electron chi connectivity index (χ2n) is 4.46. The van der Waals surface area contributed by atoms with E-state index in [1.54, 1.807) is 6.07 Å². The highest BCUT2D eigenvalue weighted by molar-refractivity contribution is 5.95. The lowest BCUT2D eigenvalue weighted by Gasteiger charge is -2.21. The van der Waals surface area contributed by atoms with Crippen LogP contribution in [0.2, 0.25) is 0 Å². The standard InChI is InChI=1S/C13H21N3O2/c1-9-8-10(2)15-12(11(9)13(17)18)16(4)7-5-6-14-3/h8,14H,5-7H2,1-4H3,(H,17,18). The maximum atomic E-state index is 11.3. The van der Waals surface area contributed by atoms with Gasteiger partial charge in [0.25, 0.3) is 0 Å². The van der Waals surface area contributed by atoms with Crippen LogP contribution in [-0.4, -0.2) is 43.2 Å². The van der Waals surface area contributed by atoms with Crippen LogP contribution in [0.4, 0.5) is 5.82 Å². The number of rotatable bonds is 6. The molecule has 18 heavy (non-hydrogen) atoms. The minimum atomic E-state index is -0.921. The molecule has 2 N–H and O–H groups in total. The summed E-state index contributed by atoms with van der Waals surface area (Å²) in [5, 5.41) is 12.4. The van der Waals surface area contributed by atoms with Gasteiger partial charge in [-0.3, -0.25) is 0 Å². The molecule has 0 atom stereocenters. The summed E-state index contributed by atoms with van der Waals surface area (Å²) < 4.78 is 0. The zero-order chi connectivity index (χ0) is 13.7. The number of hydrogen-bond donors (Lipinski definition) is 2. The van der Waals surface area contributed by atoms with E-state index in [1.807, 2.05) is 32.8 Å². The van der Waals surface area contributed by atoms with Gasteiger partial charge < -0.3 is 15.3 Å². The van der Waals surface area contributed by atoms with Crippen LogP contribution >= 0.6 is 0 Å². The first-order chi connectivity index (χ1) is 8.47. The summed E-state index contributed by atoms with van der Waals surface area (Å²) in [6.45, 7) is 5.36. The first-order valence-corrected chi connectivity index (χ1v) is 6.04. The van der Waals surface area contributed by atoms with Crippen LogP contribution in [-0.2, 0) is 0 Å². The van der Waals surface area contributed by atoms with Gasteiger partial charge in [-0.1, -0.05) is 0 Å². The normalized spacial score (nSPS) is 10.4. The fraction of sp³-hybridized carbons (Fsp3) is 0.538. The number of carboxylic acid groups (broad SMARTS) is 1. The van der Waals surface area contributed by atoms with Crippen molar-refractivity contribution in [3.63, 3.8) is 0 Å². The molecule has 0 aliphatic carbocycles. The Morgan fingerprint density at radius 2 is 2.17 bits per heavy atom. The number of aromatic nitrogens is 1. The highest BCUT2D eigenvalue weighted by Crippen LogP contribution is 2.21. The maximum absolute atomic E-state index is 11.3. The summed E-state index contributed by atoms with van der Waals surface area (Å²) in [7, 11) is 3.78. The molecule has 0 amide bonds. The molecule has 5 heteroatoms. The van der Waals surface area contributed by atoms with Gasteiger partial charge in [0.15, 0.2) is 0 Å². The number of hydrogen-bond acceptors (Lipinski definition) is 4. The molecule has 0 aliphatic heterocycles. The van der Waals surface area contributed by atoms with Gasteiger partial charge in [-0.2, -0.15) is 0 Å². The number of nitrogens with zero attached hydrogens (tertiary/aromatic N) is 2. The summed E-state index contributed by atoms with van der Waals surface area (Å²) in [4.78, 5) is 17.6. The lowest BCUT2D eigenvalue weighted by molar-refractivity contribution is 0.0696. The Morgan fingerprint density at radius 1 is 1.50 bits per heavy atom. The fourth-order valence-corrected chi connectivity index (χ4v) is 1.96. The number of carbonyl (C=O) groups is 1. The second kappa shape index (κ2) is 6.35. The van der Waals surface area contributed by atoms with E-state index in [9.17, 15) is 9.90 Å². The van der Waals surface area contributed by atoms with Crippen LogP contribution in [0.25, 0.3) is 0 Å². The topological polar surface area (TPSA) is 65.5 Å². The molecule has 0 aliphatic rings. The van der Waals surface area contributed by atoms with E-state index in [1.165, 1.54) is 0 Å². The Kier molecular flexibility index (Phi) is 5.09. The van der Waals surface area contributed by atoms with Gasteiger partial charge in [0.05, 0.1) is 0 Å². The first kappa shape index (κ1) is 14.4. The minimum absolute atomic E-state index is 0.299. The van der Waals surface area contributed by atoms with Gasteiger partial charge in [0, 0.05) is 19.3 Å². The van der Waals surface area contributed by atoms with Crippen LogP contribution < -0.4 is 10.2 Å². The summed E-state index contributed by atoms with van der Waals surface area (Å²) in [5.74, 6) is -0.369. The SMILES string of the molecule is CNCCCN(C)c1nc(C)cc(C)c1C(=O)O. The van der Waals surface area contributed by atoms with E-state index in [0.29, 0.717) is 11.4 Å². The summed E-state index contributed by atoms with van der Waals surface area (Å²) >= 11 is 0. The van der Waals surface area contributed by atoms with Gasteiger partial charge in [0.2, 0.25) is 0 Å². The minimum Gasteiger partial charge on any atom is -0.478 e. The third-order valence-corrected chi connectivity index (χ3v) is 2.82. The van der Waals surface area contributed by atoms with E-state index >= 15 is 0 Å². The Hall–Kier alpha value is -1.62. The van der Waals surface area contributed by atoms with Crippen LogP contribution in [0.1, 0.15) is 28.0 Å². The van der Waals surface area contributed by atoms with Crippen LogP contribution in [0.5, 0.6) is 0 Å². The zero-order valence-electron chi connectivity index (χ0n) is 11.4. The van der Waals surface area contributed by atoms with Crippen molar-refractivity contribution in [2.75, 3.05) is 32.1 Å². The summed E-state index contributed by atoms with van der Waals surface area (Å²) in [5.41, 5.74) is 1.89. The Morgan fingerprint density at radius 3 is 2.72 bits per heavy atom. The molecular weight excluding hydrogens is 230 g/mol. The summed E-state index contributed by atoms with van der Waals surface area (Å²) in [6, 6.07) is 1.80. The van der Waals surface area contributed by atoms with Crippen molar-refractivity contribution in [1.82, 2.24) is 10.3 Å². The van der Waals surface area contributed by atoms with Crippen molar-refractivity contribution >= 4 is 11.8 Å². The molecule has 0 unspecified atom stereocenters. The maximum Gasteiger partial charge on any atom is 0.339 e. The van der Waals surface area contributed by atoms with E-state index in [2.05, 4.69) is 10.3 Å². The number of nitrogens with one attached hydrogen (secondary N) is 1. The number of carboxylic acids is 1. The number of aromatic carboxylic acids is 1. The molecule has 0 saturated heterocycles. The van der Waals surface area contributed by atoms with Gasteiger partial charge in [-0.05, 0) is 45.5 Å².